The van der Waals surface area contributed by atoms with Gasteiger partial charge in [-0.15, -0.1) is 12.6 Å². The van der Waals surface area contributed by atoms with Crippen LogP contribution >= 0.6 is 24.2 Å². The van der Waals surface area contributed by atoms with Gasteiger partial charge in [0.2, 0.25) is 0 Å². The van der Waals surface area contributed by atoms with E-state index in [0.717, 1.165) is 18.0 Å². The Bertz CT molecular complexity index is 1010. The molecular formula is C24H26ClN3O2S. The van der Waals surface area contributed by atoms with E-state index in [0.29, 0.717) is 34.0 Å². The number of nitrogens with zero attached hydrogens (tertiary/aromatic N) is 2. The van der Waals surface area contributed by atoms with Crippen LogP contribution < -0.4 is 10.6 Å². The van der Waals surface area contributed by atoms with E-state index >= 15 is 0 Å². The van der Waals surface area contributed by atoms with E-state index < -0.39 is 0 Å². The molecule has 162 valence electrons. The number of halogens is 1. The van der Waals surface area contributed by atoms with Crippen LogP contribution in [0.3, 0.4) is 0 Å². The minimum absolute atomic E-state index is 0.173. The molecule has 0 amide bonds. The van der Waals surface area contributed by atoms with E-state index in [-0.39, 0.29) is 5.78 Å². The molecule has 2 unspecified atom stereocenters. The molecule has 1 aliphatic rings. The first kappa shape index (κ1) is 23.1. The number of hydrogen-bond acceptors (Lipinski definition) is 6. The molecular weight excluding hydrogens is 430 g/mol. The lowest BCUT2D eigenvalue weighted by atomic mass is 10.0. The number of ketones is 1. The summed E-state index contributed by atoms with van der Waals surface area (Å²) in [6.07, 6.45) is 3.73. The highest BCUT2D eigenvalue weighted by atomic mass is 35.5. The molecule has 1 saturated heterocycles. The second kappa shape index (κ2) is 10.7. The predicted molar refractivity (Wildman–Crippen MR) is 129 cm³/mol. The number of anilines is 2. The van der Waals surface area contributed by atoms with Crippen LogP contribution in [0, 0.1) is 0 Å². The summed E-state index contributed by atoms with van der Waals surface area (Å²) in [5, 5.41) is 0.487. The summed E-state index contributed by atoms with van der Waals surface area (Å²) in [6, 6.07) is 16.5. The van der Waals surface area contributed by atoms with Crippen molar-refractivity contribution >= 4 is 41.4 Å². The fourth-order valence-corrected chi connectivity index (χ4v) is 3.75. The minimum Gasteiger partial charge on any atom is -0.398 e. The number of thiol groups is 1. The van der Waals surface area contributed by atoms with Crippen LogP contribution in [0.5, 0.6) is 0 Å². The van der Waals surface area contributed by atoms with Crippen LogP contribution in [-0.2, 0) is 4.74 Å². The van der Waals surface area contributed by atoms with Crippen LogP contribution in [-0.4, -0.2) is 36.1 Å². The van der Waals surface area contributed by atoms with Crippen LogP contribution in [0.4, 0.5) is 11.4 Å². The third kappa shape index (κ3) is 6.47. The smallest absolute Gasteiger partial charge is 0.196 e. The van der Waals surface area contributed by atoms with Crippen molar-refractivity contribution in [3.05, 3.63) is 83.1 Å². The largest absolute Gasteiger partial charge is 0.398 e. The van der Waals surface area contributed by atoms with Crippen molar-refractivity contribution in [3.63, 3.8) is 0 Å². The fraction of sp³-hybridized carbons (Fsp3) is 0.250. The SMILES string of the molecule is CC1CN(c2ccc(S)cc2)CC(C)O1.Nc1ccc(Cl)cc1C(=O)c1cccnc1. The number of nitrogen functional groups attached to an aromatic ring is 1. The summed E-state index contributed by atoms with van der Waals surface area (Å²) < 4.78 is 5.70. The van der Waals surface area contributed by atoms with Crippen LogP contribution in [0.1, 0.15) is 29.8 Å². The van der Waals surface area contributed by atoms with Crippen molar-refractivity contribution in [2.45, 2.75) is 31.0 Å². The molecule has 1 aromatic heterocycles. The predicted octanol–water partition coefficient (Wildman–Crippen LogP) is 5.14. The van der Waals surface area contributed by atoms with Crippen molar-refractivity contribution in [2.75, 3.05) is 23.7 Å². The molecule has 4 rings (SSSR count). The van der Waals surface area contributed by atoms with Gasteiger partial charge in [0.05, 0.1) is 12.2 Å². The highest BCUT2D eigenvalue weighted by molar-refractivity contribution is 7.80. The Labute approximate surface area is 193 Å². The second-order valence-electron chi connectivity index (χ2n) is 7.48. The van der Waals surface area contributed by atoms with E-state index in [2.05, 4.69) is 48.5 Å². The number of carbonyl (C=O) groups is 1. The summed E-state index contributed by atoms with van der Waals surface area (Å²) in [4.78, 5) is 19.3. The number of pyridine rings is 1. The summed E-state index contributed by atoms with van der Waals surface area (Å²) in [6.45, 7) is 6.18. The average Bonchev–Trinajstić information content (AvgIpc) is 2.76. The van der Waals surface area contributed by atoms with Gasteiger partial charge >= 0.3 is 0 Å². The monoisotopic (exact) mass is 455 g/mol. The number of benzene rings is 2. The third-order valence-electron chi connectivity index (χ3n) is 4.82. The van der Waals surface area contributed by atoms with Gasteiger partial charge in [0, 0.05) is 57.9 Å². The van der Waals surface area contributed by atoms with Crippen molar-refractivity contribution in [3.8, 4) is 0 Å². The van der Waals surface area contributed by atoms with Gasteiger partial charge in [0.25, 0.3) is 0 Å². The molecule has 0 radical (unpaired) electrons. The van der Waals surface area contributed by atoms with E-state index in [1.807, 2.05) is 12.1 Å². The molecule has 7 heteroatoms. The molecule has 5 nitrogen and oxygen atoms in total. The molecule has 2 heterocycles. The third-order valence-corrected chi connectivity index (χ3v) is 5.35. The number of rotatable bonds is 3. The quantitative estimate of drug-likeness (QED) is 0.325. The molecule has 31 heavy (non-hydrogen) atoms. The molecule has 2 atom stereocenters. The fourth-order valence-electron chi connectivity index (χ4n) is 3.43. The second-order valence-corrected chi connectivity index (χ2v) is 8.43. The number of nitrogens with two attached hydrogens (primary N) is 1. The standard InChI is InChI=1S/C12H9ClN2O.C12H17NOS/c13-9-3-4-11(14)10(6-9)12(16)8-2-1-5-15-7-8;1-9-7-13(8-10(2)14-9)11-3-5-12(15)6-4-11/h1-7H,14H2;3-6,9-10,15H,7-8H2,1-2H3. The van der Waals surface area contributed by atoms with Gasteiger partial charge in [0.1, 0.15) is 0 Å². The van der Waals surface area contributed by atoms with Crippen molar-refractivity contribution in [2.24, 2.45) is 0 Å². The average molecular weight is 456 g/mol. The van der Waals surface area contributed by atoms with Crippen LogP contribution in [0.2, 0.25) is 5.02 Å². The number of ether oxygens (including phenoxy) is 1. The van der Waals surface area contributed by atoms with E-state index in [9.17, 15) is 4.79 Å². The molecule has 1 fully saturated rings. The zero-order chi connectivity index (χ0) is 22.4. The molecule has 3 aromatic rings. The number of hydrogen-bond donors (Lipinski definition) is 2. The first-order valence-corrected chi connectivity index (χ1v) is 10.8. The molecule has 0 aliphatic carbocycles. The van der Waals surface area contributed by atoms with Crippen molar-refractivity contribution in [1.82, 2.24) is 4.98 Å². The number of carbonyl (C=O) groups excluding carboxylic acids is 1. The van der Waals surface area contributed by atoms with Gasteiger partial charge in [-0.25, -0.2) is 0 Å². The summed E-state index contributed by atoms with van der Waals surface area (Å²) in [5.74, 6) is -0.173. The van der Waals surface area contributed by atoms with Gasteiger partial charge in [-0.05, 0) is 68.4 Å². The highest BCUT2D eigenvalue weighted by Crippen LogP contribution is 2.22. The van der Waals surface area contributed by atoms with Gasteiger partial charge in [-0.1, -0.05) is 11.6 Å². The van der Waals surface area contributed by atoms with Gasteiger partial charge < -0.3 is 15.4 Å². The van der Waals surface area contributed by atoms with Gasteiger partial charge in [0.15, 0.2) is 5.78 Å². The lowest BCUT2D eigenvalue weighted by Crippen LogP contribution is -2.45. The van der Waals surface area contributed by atoms with Gasteiger partial charge in [-0.3, -0.25) is 9.78 Å². The Hall–Kier alpha value is -2.54. The first-order chi connectivity index (χ1) is 14.8. The Morgan fingerprint density at radius 1 is 1.13 bits per heavy atom. The molecule has 0 bridgehead atoms. The lowest BCUT2D eigenvalue weighted by molar-refractivity contribution is -0.00522. The Morgan fingerprint density at radius 3 is 2.42 bits per heavy atom. The molecule has 0 spiro atoms. The van der Waals surface area contributed by atoms with E-state index in [4.69, 9.17) is 22.1 Å². The summed E-state index contributed by atoms with van der Waals surface area (Å²) in [7, 11) is 0. The molecule has 2 aromatic carbocycles. The zero-order valence-electron chi connectivity index (χ0n) is 17.5. The Kier molecular flexibility index (Phi) is 7.96. The molecule has 0 saturated carbocycles. The van der Waals surface area contributed by atoms with Crippen LogP contribution in [0.25, 0.3) is 0 Å². The van der Waals surface area contributed by atoms with Crippen molar-refractivity contribution in [1.29, 1.82) is 0 Å². The van der Waals surface area contributed by atoms with Crippen LogP contribution in [0.15, 0.2) is 71.9 Å². The number of morpholine rings is 1. The highest BCUT2D eigenvalue weighted by Gasteiger charge is 2.22. The van der Waals surface area contributed by atoms with Crippen molar-refractivity contribution < 1.29 is 9.53 Å². The Morgan fingerprint density at radius 2 is 1.81 bits per heavy atom. The molecule has 1 aliphatic heterocycles. The lowest BCUT2D eigenvalue weighted by Gasteiger charge is -2.36. The maximum Gasteiger partial charge on any atom is 0.196 e. The van der Waals surface area contributed by atoms with E-state index in [1.54, 1.807) is 36.5 Å². The Balaban J connectivity index is 0.000000176. The van der Waals surface area contributed by atoms with Gasteiger partial charge in [-0.2, -0.15) is 0 Å². The summed E-state index contributed by atoms with van der Waals surface area (Å²) >= 11 is 10.1. The summed E-state index contributed by atoms with van der Waals surface area (Å²) in [5.41, 5.74) is 8.30. The minimum atomic E-state index is -0.173. The molecule has 2 N–H and O–H groups in total. The normalized spacial score (nSPS) is 18.1. The topological polar surface area (TPSA) is 68.5 Å². The maximum absolute atomic E-state index is 12.0. The number of aromatic nitrogens is 1. The van der Waals surface area contributed by atoms with E-state index in [1.165, 1.54) is 11.9 Å². The maximum atomic E-state index is 12.0. The zero-order valence-corrected chi connectivity index (χ0v) is 19.2. The first-order valence-electron chi connectivity index (χ1n) is 10.0.